The van der Waals surface area contributed by atoms with E-state index in [1.807, 2.05) is 12.1 Å². The maximum atomic E-state index is 6.08. The van der Waals surface area contributed by atoms with Crippen LogP contribution < -0.4 is 5.32 Å². The predicted octanol–water partition coefficient (Wildman–Crippen LogP) is 3.70. The molecule has 1 aliphatic rings. The summed E-state index contributed by atoms with van der Waals surface area (Å²) in [7, 11) is 0. The van der Waals surface area contributed by atoms with Gasteiger partial charge in [-0.1, -0.05) is 23.7 Å². The molecule has 0 aromatic heterocycles. The molecule has 1 aromatic carbocycles. The average molecular weight is 275 g/mol. The normalized spacial score (nSPS) is 26.8. The Bertz CT molecular complexity index is 345. The van der Waals surface area contributed by atoms with Crippen molar-refractivity contribution in [3.8, 4) is 0 Å². The number of hydrogen-bond donors (Lipinski definition) is 1. The van der Waals surface area contributed by atoms with E-state index in [1.165, 1.54) is 18.4 Å². The summed E-state index contributed by atoms with van der Waals surface area (Å²) in [5, 5.41) is 4.32. The van der Waals surface area contributed by atoms with Crippen molar-refractivity contribution in [2.24, 2.45) is 0 Å². The van der Waals surface area contributed by atoms with Crippen LogP contribution >= 0.6 is 27.5 Å². The van der Waals surface area contributed by atoms with Crippen LogP contribution in [0.5, 0.6) is 0 Å². The summed E-state index contributed by atoms with van der Waals surface area (Å²) in [5.41, 5.74) is 1.35. The van der Waals surface area contributed by atoms with Gasteiger partial charge in [0.05, 0.1) is 5.02 Å². The van der Waals surface area contributed by atoms with Gasteiger partial charge in [0, 0.05) is 10.0 Å². The molecule has 76 valence electrons. The third-order valence-electron chi connectivity index (χ3n) is 2.91. The molecule has 1 unspecified atom stereocenters. The largest absolute Gasteiger partial charge is 0.308 e. The van der Waals surface area contributed by atoms with Crippen LogP contribution in [0, 0.1) is 0 Å². The third-order valence-corrected chi connectivity index (χ3v) is 4.31. The first-order valence-corrected chi connectivity index (χ1v) is 6.00. The van der Waals surface area contributed by atoms with Gasteiger partial charge in [0.25, 0.3) is 0 Å². The van der Waals surface area contributed by atoms with Gasteiger partial charge >= 0.3 is 0 Å². The Kier molecular flexibility index (Phi) is 2.87. The van der Waals surface area contributed by atoms with E-state index in [4.69, 9.17) is 11.6 Å². The Labute approximate surface area is 98.0 Å². The van der Waals surface area contributed by atoms with Gasteiger partial charge in [-0.3, -0.25) is 0 Å². The van der Waals surface area contributed by atoms with E-state index in [9.17, 15) is 0 Å². The molecule has 1 nitrogen and oxygen atoms in total. The molecule has 1 fully saturated rings. The van der Waals surface area contributed by atoms with Crippen LogP contribution in [0.2, 0.25) is 5.02 Å². The molecular weight excluding hydrogens is 261 g/mol. The minimum Gasteiger partial charge on any atom is -0.308 e. The number of nitrogens with one attached hydrogen (secondary N) is 1. The molecule has 3 heteroatoms. The lowest BCUT2D eigenvalue weighted by Gasteiger charge is -2.26. The van der Waals surface area contributed by atoms with Crippen LogP contribution in [-0.4, -0.2) is 6.54 Å². The summed E-state index contributed by atoms with van der Waals surface area (Å²) < 4.78 is 1.03. The number of hydrogen-bond acceptors (Lipinski definition) is 1. The smallest absolute Gasteiger partial charge is 0.0551 e. The van der Waals surface area contributed by atoms with Crippen LogP contribution in [0.3, 0.4) is 0 Å². The van der Waals surface area contributed by atoms with E-state index in [0.717, 1.165) is 16.0 Å². The molecule has 1 aromatic rings. The minimum absolute atomic E-state index is 0.0870. The van der Waals surface area contributed by atoms with Gasteiger partial charge in [0.1, 0.15) is 0 Å². The lowest BCUT2D eigenvalue weighted by molar-refractivity contribution is 0.433. The molecule has 1 atom stereocenters. The standard InChI is InChI=1S/C11H13BrClN/c1-11(6-3-7-14-11)8-4-2-5-9(13)10(8)12/h2,4-5,14H,3,6-7H2,1H3. The zero-order chi connectivity index (χ0) is 10.2. The topological polar surface area (TPSA) is 12.0 Å². The van der Waals surface area contributed by atoms with Crippen molar-refractivity contribution >= 4 is 27.5 Å². The summed E-state index contributed by atoms with van der Waals surface area (Å²) in [4.78, 5) is 0. The summed E-state index contributed by atoms with van der Waals surface area (Å²) in [6, 6.07) is 6.05. The Balaban J connectivity index is 2.45. The van der Waals surface area contributed by atoms with E-state index >= 15 is 0 Å². The van der Waals surface area contributed by atoms with Gasteiger partial charge in [-0.15, -0.1) is 0 Å². The molecule has 1 heterocycles. The molecule has 1 aliphatic heterocycles. The van der Waals surface area contributed by atoms with Gasteiger partial charge in [0.2, 0.25) is 0 Å². The summed E-state index contributed by atoms with van der Waals surface area (Å²) in [5.74, 6) is 0. The van der Waals surface area contributed by atoms with Crippen LogP contribution in [0.25, 0.3) is 0 Å². The highest BCUT2D eigenvalue weighted by Crippen LogP contribution is 2.37. The summed E-state index contributed by atoms with van der Waals surface area (Å²) in [6.45, 7) is 3.33. The highest BCUT2D eigenvalue weighted by Gasteiger charge is 2.31. The zero-order valence-corrected chi connectivity index (χ0v) is 10.5. The van der Waals surface area contributed by atoms with Crippen LogP contribution in [0.1, 0.15) is 25.3 Å². The quantitative estimate of drug-likeness (QED) is 0.823. The van der Waals surface area contributed by atoms with Crippen molar-refractivity contribution in [3.05, 3.63) is 33.3 Å². The molecule has 1 N–H and O–H groups in total. The fraction of sp³-hybridized carbons (Fsp3) is 0.455. The summed E-state index contributed by atoms with van der Waals surface area (Å²) in [6.07, 6.45) is 2.40. The molecule has 2 rings (SSSR count). The number of rotatable bonds is 1. The lowest BCUT2D eigenvalue weighted by Crippen LogP contribution is -2.33. The molecule has 1 saturated heterocycles. The van der Waals surface area contributed by atoms with E-state index in [0.29, 0.717) is 0 Å². The molecule has 14 heavy (non-hydrogen) atoms. The lowest BCUT2D eigenvalue weighted by atomic mass is 9.91. The first-order chi connectivity index (χ1) is 6.63. The third kappa shape index (κ3) is 1.71. The molecule has 0 aliphatic carbocycles. The van der Waals surface area contributed by atoms with E-state index in [2.05, 4.69) is 34.2 Å². The van der Waals surface area contributed by atoms with Crippen LogP contribution in [0.4, 0.5) is 0 Å². The minimum atomic E-state index is 0.0870. The van der Waals surface area contributed by atoms with Crippen molar-refractivity contribution in [2.75, 3.05) is 6.54 Å². The Morgan fingerprint density at radius 3 is 2.93 bits per heavy atom. The Hall–Kier alpha value is -0.0500. The fourth-order valence-electron chi connectivity index (χ4n) is 2.05. The molecule has 0 radical (unpaired) electrons. The highest BCUT2D eigenvalue weighted by atomic mass is 79.9. The second-order valence-corrected chi connectivity index (χ2v) is 5.16. The van der Waals surface area contributed by atoms with Crippen molar-refractivity contribution in [2.45, 2.75) is 25.3 Å². The van der Waals surface area contributed by atoms with Crippen molar-refractivity contribution in [1.29, 1.82) is 0 Å². The molecule has 0 saturated carbocycles. The predicted molar refractivity (Wildman–Crippen MR) is 63.7 cm³/mol. The summed E-state index contributed by atoms with van der Waals surface area (Å²) >= 11 is 9.63. The SMILES string of the molecule is CC1(c2cccc(Cl)c2Br)CCCN1. The molecule has 0 bridgehead atoms. The Morgan fingerprint density at radius 1 is 1.50 bits per heavy atom. The first-order valence-electron chi connectivity index (χ1n) is 4.83. The monoisotopic (exact) mass is 273 g/mol. The van der Waals surface area contributed by atoms with Crippen LogP contribution in [0.15, 0.2) is 22.7 Å². The van der Waals surface area contributed by atoms with Crippen molar-refractivity contribution < 1.29 is 0 Å². The van der Waals surface area contributed by atoms with Crippen molar-refractivity contribution in [1.82, 2.24) is 5.32 Å². The number of benzene rings is 1. The Morgan fingerprint density at radius 2 is 2.29 bits per heavy atom. The van der Waals surface area contributed by atoms with Gasteiger partial charge < -0.3 is 5.32 Å². The van der Waals surface area contributed by atoms with Gasteiger partial charge in [-0.25, -0.2) is 0 Å². The van der Waals surface area contributed by atoms with Gasteiger partial charge in [-0.2, -0.15) is 0 Å². The van der Waals surface area contributed by atoms with E-state index < -0.39 is 0 Å². The molecule has 0 spiro atoms. The van der Waals surface area contributed by atoms with E-state index in [-0.39, 0.29) is 5.54 Å². The second kappa shape index (κ2) is 3.84. The maximum Gasteiger partial charge on any atom is 0.0551 e. The second-order valence-electron chi connectivity index (χ2n) is 3.96. The van der Waals surface area contributed by atoms with Crippen molar-refractivity contribution in [3.63, 3.8) is 0 Å². The molecular formula is C11H13BrClN. The molecule has 0 amide bonds. The first kappa shape index (κ1) is 10.5. The van der Waals surface area contributed by atoms with Gasteiger partial charge in [0.15, 0.2) is 0 Å². The maximum absolute atomic E-state index is 6.08. The van der Waals surface area contributed by atoms with Gasteiger partial charge in [-0.05, 0) is 53.9 Å². The zero-order valence-electron chi connectivity index (χ0n) is 8.11. The van der Waals surface area contributed by atoms with E-state index in [1.54, 1.807) is 0 Å². The average Bonchev–Trinajstić information content (AvgIpc) is 2.58. The number of halogens is 2. The fourth-order valence-corrected chi connectivity index (χ4v) is 2.93. The van der Waals surface area contributed by atoms with Crippen LogP contribution in [-0.2, 0) is 5.54 Å². The highest BCUT2D eigenvalue weighted by molar-refractivity contribution is 9.10.